The van der Waals surface area contributed by atoms with Gasteiger partial charge >= 0.3 is 5.97 Å². The number of aromatic nitrogens is 2. The number of aryl methyl sites for hydroxylation is 2. The Kier molecular flexibility index (Phi) is 8.38. The minimum absolute atomic E-state index is 0.0420. The second-order valence-electron chi connectivity index (χ2n) is 8.75. The van der Waals surface area contributed by atoms with Crippen LogP contribution in [0.5, 0.6) is 0 Å². The number of carbonyl (C=O) groups excluding carboxylic acids is 1. The molecule has 1 aromatic carbocycles. The maximum Gasteiger partial charge on any atom is 0.335 e. The molecule has 0 amide bonds. The summed E-state index contributed by atoms with van der Waals surface area (Å²) < 4.78 is 18.2. The summed E-state index contributed by atoms with van der Waals surface area (Å²) in [7, 11) is 5.02. The van der Waals surface area contributed by atoms with E-state index >= 15 is 0 Å². The number of nitrogens with zero attached hydrogens (tertiary/aromatic N) is 3. The highest BCUT2D eigenvalue weighted by Gasteiger charge is 2.24. The molecule has 0 saturated carbocycles. The summed E-state index contributed by atoms with van der Waals surface area (Å²) in [6, 6.07) is 8.34. The maximum atomic E-state index is 11.9. The molecule has 174 valence electrons. The molecule has 1 aromatic heterocycles. The SMILES string of the molecule is C/N=C\C(=C(\OC(C)OC(=O)COC)c1c(C)c(C)nn1C)c1ccc(C(C)(C)C)cc1. The van der Waals surface area contributed by atoms with Crippen molar-refractivity contribution in [2.45, 2.75) is 53.2 Å². The van der Waals surface area contributed by atoms with Crippen LogP contribution in [0.1, 0.15) is 55.8 Å². The molecule has 0 bridgehead atoms. The summed E-state index contributed by atoms with van der Waals surface area (Å²) in [6.07, 6.45) is 0.920. The van der Waals surface area contributed by atoms with Crippen LogP contribution in [-0.2, 0) is 31.5 Å². The molecular weight excluding hydrogens is 406 g/mol. The van der Waals surface area contributed by atoms with Crippen molar-refractivity contribution in [1.82, 2.24) is 9.78 Å². The van der Waals surface area contributed by atoms with Crippen LogP contribution in [0, 0.1) is 13.8 Å². The normalized spacial score (nSPS) is 13.8. The number of methoxy groups -OCH3 is 1. The Bertz CT molecular complexity index is 995. The average molecular weight is 442 g/mol. The molecule has 2 aromatic rings. The number of rotatable bonds is 8. The number of esters is 1. The van der Waals surface area contributed by atoms with Crippen LogP contribution in [-0.4, -0.2) is 49.0 Å². The van der Waals surface area contributed by atoms with Crippen molar-refractivity contribution in [1.29, 1.82) is 0 Å². The monoisotopic (exact) mass is 441 g/mol. The summed E-state index contributed by atoms with van der Waals surface area (Å²) in [5.41, 5.74) is 5.65. The molecule has 0 aliphatic heterocycles. The summed E-state index contributed by atoms with van der Waals surface area (Å²) in [5, 5.41) is 4.54. The minimum Gasteiger partial charge on any atom is -0.452 e. The van der Waals surface area contributed by atoms with Crippen LogP contribution in [0.3, 0.4) is 0 Å². The zero-order valence-electron chi connectivity index (χ0n) is 20.6. The topological polar surface area (TPSA) is 74.9 Å². The molecule has 7 nitrogen and oxygen atoms in total. The number of ether oxygens (including phenoxy) is 3. The van der Waals surface area contributed by atoms with Gasteiger partial charge in [0.25, 0.3) is 0 Å². The van der Waals surface area contributed by atoms with Gasteiger partial charge in [-0.2, -0.15) is 5.10 Å². The van der Waals surface area contributed by atoms with E-state index in [-0.39, 0.29) is 12.0 Å². The lowest BCUT2D eigenvalue weighted by atomic mass is 9.86. The molecule has 0 saturated heterocycles. The van der Waals surface area contributed by atoms with Crippen molar-refractivity contribution in [3.8, 4) is 0 Å². The molecular formula is C25H35N3O4. The van der Waals surface area contributed by atoms with E-state index in [1.165, 1.54) is 12.7 Å². The van der Waals surface area contributed by atoms with E-state index in [9.17, 15) is 4.79 Å². The van der Waals surface area contributed by atoms with Crippen molar-refractivity contribution in [3.05, 3.63) is 52.3 Å². The molecule has 0 aliphatic rings. The quantitative estimate of drug-likeness (QED) is 0.262. The molecule has 2 rings (SSSR count). The Morgan fingerprint density at radius 1 is 1.19 bits per heavy atom. The van der Waals surface area contributed by atoms with Gasteiger partial charge in [0, 0.05) is 45.5 Å². The van der Waals surface area contributed by atoms with Crippen LogP contribution < -0.4 is 0 Å². The molecule has 0 spiro atoms. The summed E-state index contributed by atoms with van der Waals surface area (Å²) in [4.78, 5) is 16.2. The highest BCUT2D eigenvalue weighted by atomic mass is 16.7. The molecule has 0 N–H and O–H groups in total. The van der Waals surface area contributed by atoms with Gasteiger partial charge in [-0.15, -0.1) is 0 Å². The Balaban J connectivity index is 2.65. The first kappa shape index (κ1) is 25.3. The van der Waals surface area contributed by atoms with Crippen LogP contribution in [0.15, 0.2) is 29.3 Å². The third-order valence-electron chi connectivity index (χ3n) is 5.14. The number of aliphatic imine (C=N–C) groups is 1. The lowest BCUT2D eigenvalue weighted by molar-refractivity contribution is -0.168. The van der Waals surface area contributed by atoms with Crippen molar-refractivity contribution < 1.29 is 19.0 Å². The van der Waals surface area contributed by atoms with Crippen molar-refractivity contribution >= 4 is 23.5 Å². The first-order valence-electron chi connectivity index (χ1n) is 10.6. The van der Waals surface area contributed by atoms with Gasteiger partial charge in [-0.05, 0) is 30.4 Å². The van der Waals surface area contributed by atoms with E-state index in [1.54, 1.807) is 24.9 Å². The van der Waals surface area contributed by atoms with Crippen LogP contribution in [0.4, 0.5) is 0 Å². The number of hydrogen-bond acceptors (Lipinski definition) is 6. The third kappa shape index (κ3) is 6.07. The van der Waals surface area contributed by atoms with Gasteiger partial charge in [-0.1, -0.05) is 45.0 Å². The van der Waals surface area contributed by atoms with E-state index in [0.717, 1.165) is 28.1 Å². The fourth-order valence-electron chi connectivity index (χ4n) is 3.40. The molecule has 1 atom stereocenters. The number of hydrogen-bond donors (Lipinski definition) is 0. The van der Waals surface area contributed by atoms with Crippen molar-refractivity contribution in [2.75, 3.05) is 20.8 Å². The molecule has 0 fully saturated rings. The van der Waals surface area contributed by atoms with Gasteiger partial charge in [0.2, 0.25) is 6.29 Å². The maximum absolute atomic E-state index is 11.9. The number of carbonyl (C=O) groups is 1. The van der Waals surface area contributed by atoms with E-state index in [1.807, 2.05) is 20.9 Å². The highest BCUT2D eigenvalue weighted by Crippen LogP contribution is 2.32. The number of benzene rings is 1. The third-order valence-corrected chi connectivity index (χ3v) is 5.14. The second kappa shape index (κ2) is 10.6. The van der Waals surface area contributed by atoms with Gasteiger partial charge in [0.05, 0.1) is 5.69 Å². The van der Waals surface area contributed by atoms with Crippen molar-refractivity contribution in [3.63, 3.8) is 0 Å². The Labute approximate surface area is 191 Å². The summed E-state index contributed by atoms with van der Waals surface area (Å²) >= 11 is 0. The van der Waals surface area contributed by atoms with Gasteiger partial charge in [0.1, 0.15) is 12.3 Å². The van der Waals surface area contributed by atoms with Crippen LogP contribution in [0.2, 0.25) is 0 Å². The van der Waals surface area contributed by atoms with Crippen LogP contribution in [0.25, 0.3) is 11.3 Å². The molecule has 0 radical (unpaired) electrons. The number of allylic oxidation sites excluding steroid dienone is 1. The second-order valence-corrected chi connectivity index (χ2v) is 8.75. The summed E-state index contributed by atoms with van der Waals surface area (Å²) in [5.74, 6) is 0.0370. The molecule has 7 heteroatoms. The Morgan fingerprint density at radius 2 is 1.81 bits per heavy atom. The van der Waals surface area contributed by atoms with Gasteiger partial charge in [-0.25, -0.2) is 4.79 Å². The predicted molar refractivity (Wildman–Crippen MR) is 128 cm³/mol. The summed E-state index contributed by atoms with van der Waals surface area (Å²) in [6.45, 7) is 12.0. The predicted octanol–water partition coefficient (Wildman–Crippen LogP) is 4.46. The van der Waals surface area contributed by atoms with E-state index < -0.39 is 12.3 Å². The molecule has 1 unspecified atom stereocenters. The van der Waals surface area contributed by atoms with E-state index in [2.05, 4.69) is 55.1 Å². The zero-order chi connectivity index (χ0) is 24.1. The largest absolute Gasteiger partial charge is 0.452 e. The zero-order valence-corrected chi connectivity index (χ0v) is 20.6. The fourth-order valence-corrected chi connectivity index (χ4v) is 3.40. The lowest BCUT2D eigenvalue weighted by Crippen LogP contribution is -2.22. The lowest BCUT2D eigenvalue weighted by Gasteiger charge is -2.22. The Morgan fingerprint density at radius 3 is 2.28 bits per heavy atom. The Hall–Kier alpha value is -2.93. The van der Waals surface area contributed by atoms with Crippen LogP contribution >= 0.6 is 0 Å². The minimum atomic E-state index is -0.837. The van der Waals surface area contributed by atoms with E-state index in [4.69, 9.17) is 14.2 Å². The molecule has 0 aliphatic carbocycles. The van der Waals surface area contributed by atoms with Gasteiger partial charge < -0.3 is 14.2 Å². The highest BCUT2D eigenvalue weighted by molar-refractivity contribution is 6.18. The smallest absolute Gasteiger partial charge is 0.335 e. The average Bonchev–Trinajstić information content (AvgIpc) is 2.96. The van der Waals surface area contributed by atoms with Gasteiger partial charge in [0.15, 0.2) is 5.76 Å². The fraction of sp³-hybridized carbons (Fsp3) is 0.480. The molecule has 32 heavy (non-hydrogen) atoms. The van der Waals surface area contributed by atoms with Crippen molar-refractivity contribution in [2.24, 2.45) is 12.0 Å². The first-order valence-corrected chi connectivity index (χ1v) is 10.6. The van der Waals surface area contributed by atoms with Gasteiger partial charge in [-0.3, -0.25) is 9.67 Å². The molecule has 1 heterocycles. The van der Waals surface area contributed by atoms with E-state index in [0.29, 0.717) is 5.76 Å². The standard InChI is InChI=1S/C25H35N3O4/c1-16-17(2)27-28(8)23(16)24(32-18(3)31-22(29)15-30-9)21(14-26-7)19-10-12-20(13-11-19)25(4,5)6/h10-14,18H,15H2,1-9H3/b24-21-,26-14-. The first-order chi connectivity index (χ1) is 15.0.